The molecule has 1 unspecified atom stereocenters. The molecule has 0 amide bonds. The molecule has 0 saturated heterocycles. The zero-order chi connectivity index (χ0) is 25.4. The van der Waals surface area contributed by atoms with Gasteiger partial charge in [0.05, 0.1) is 5.69 Å². The van der Waals surface area contributed by atoms with Crippen LogP contribution in [-0.4, -0.2) is 30.0 Å². The Morgan fingerprint density at radius 3 is 2.33 bits per heavy atom. The maximum atomic E-state index is 13.3. The van der Waals surface area contributed by atoms with Gasteiger partial charge in [0.1, 0.15) is 21.9 Å². The number of aliphatic hydroxyl groups excluding tert-OH is 1. The zero-order valence-corrected chi connectivity index (χ0v) is 20.9. The maximum absolute atomic E-state index is 13.3. The standard InChI is InChI=1S/C27H24N2O5S2/c1-16(30)28-15-18-11-13-25(35-18)36(33,34)29-23-14-22(27(32)21-9-5-4-8-20(21)23)26-19-7-3-2-6-17(19)10-12-24(26)31/h2-14,16,28-32H,15H2,1H3. The number of rotatable bonds is 7. The first-order valence-electron chi connectivity index (χ1n) is 11.2. The summed E-state index contributed by atoms with van der Waals surface area (Å²) in [5, 5.41) is 36.9. The van der Waals surface area contributed by atoms with Gasteiger partial charge in [0.15, 0.2) is 0 Å². The summed E-state index contributed by atoms with van der Waals surface area (Å²) in [5.74, 6) is -0.0793. The van der Waals surface area contributed by atoms with Crippen LogP contribution < -0.4 is 10.0 Å². The lowest BCUT2D eigenvalue weighted by molar-refractivity contribution is 0.155. The zero-order valence-electron chi connectivity index (χ0n) is 19.3. The van der Waals surface area contributed by atoms with E-state index in [4.69, 9.17) is 0 Å². The van der Waals surface area contributed by atoms with Crippen molar-refractivity contribution in [3.8, 4) is 22.6 Å². The number of anilines is 1. The van der Waals surface area contributed by atoms with Crippen LogP contribution in [0.15, 0.2) is 83.1 Å². The summed E-state index contributed by atoms with van der Waals surface area (Å²) in [5.41, 5.74) is 1.01. The molecule has 1 aromatic heterocycles. The highest BCUT2D eigenvalue weighted by molar-refractivity contribution is 7.94. The minimum atomic E-state index is -3.95. The largest absolute Gasteiger partial charge is 0.507 e. The lowest BCUT2D eigenvalue weighted by atomic mass is 9.93. The highest BCUT2D eigenvalue weighted by atomic mass is 32.2. The normalized spacial score (nSPS) is 12.7. The molecule has 0 radical (unpaired) electrons. The number of phenolic OH excluding ortho intramolecular Hbond substituents is 2. The Morgan fingerprint density at radius 2 is 1.58 bits per heavy atom. The van der Waals surface area contributed by atoms with Gasteiger partial charge in [-0.2, -0.15) is 0 Å². The van der Waals surface area contributed by atoms with Crippen LogP contribution in [0.25, 0.3) is 32.7 Å². The number of hydrogen-bond donors (Lipinski definition) is 5. The summed E-state index contributed by atoms with van der Waals surface area (Å²) in [4.78, 5) is 0.758. The maximum Gasteiger partial charge on any atom is 0.271 e. The van der Waals surface area contributed by atoms with Crippen LogP contribution in [0, 0.1) is 0 Å². The van der Waals surface area contributed by atoms with E-state index in [0.717, 1.165) is 27.0 Å². The van der Waals surface area contributed by atoms with Gasteiger partial charge in [0.25, 0.3) is 10.0 Å². The number of benzene rings is 4. The van der Waals surface area contributed by atoms with E-state index in [1.54, 1.807) is 55.5 Å². The first kappa shape index (κ1) is 24.1. The molecule has 184 valence electrons. The third-order valence-electron chi connectivity index (χ3n) is 5.91. The first-order chi connectivity index (χ1) is 17.2. The second-order valence-corrected chi connectivity index (χ2v) is 11.5. The fourth-order valence-electron chi connectivity index (χ4n) is 4.22. The summed E-state index contributed by atoms with van der Waals surface area (Å²) < 4.78 is 29.5. The van der Waals surface area contributed by atoms with Crippen LogP contribution in [0.1, 0.15) is 11.8 Å². The van der Waals surface area contributed by atoms with Crippen molar-refractivity contribution in [2.75, 3.05) is 4.72 Å². The van der Waals surface area contributed by atoms with Gasteiger partial charge in [0.2, 0.25) is 0 Å². The molecule has 0 bridgehead atoms. The lowest BCUT2D eigenvalue weighted by Crippen LogP contribution is -2.23. The molecule has 5 rings (SSSR count). The summed E-state index contributed by atoms with van der Waals surface area (Å²) in [6.45, 7) is 1.93. The summed E-state index contributed by atoms with van der Waals surface area (Å²) in [6.07, 6.45) is -0.711. The quantitative estimate of drug-likeness (QED) is 0.146. The Bertz CT molecular complexity index is 1690. The fraction of sp³-hybridized carbons (Fsp3) is 0.111. The van der Waals surface area contributed by atoms with Crippen molar-refractivity contribution >= 4 is 48.6 Å². The lowest BCUT2D eigenvalue weighted by Gasteiger charge is -2.17. The van der Waals surface area contributed by atoms with Crippen molar-refractivity contribution in [3.05, 3.63) is 83.7 Å². The second kappa shape index (κ2) is 9.44. The average Bonchev–Trinajstić information content (AvgIpc) is 3.35. The molecule has 9 heteroatoms. The Hall–Kier alpha value is -3.63. The van der Waals surface area contributed by atoms with Gasteiger partial charge in [0, 0.05) is 33.3 Å². The first-order valence-corrected chi connectivity index (χ1v) is 13.5. The van der Waals surface area contributed by atoms with Gasteiger partial charge in [-0.05, 0) is 42.0 Å². The molecule has 0 aliphatic carbocycles. The van der Waals surface area contributed by atoms with E-state index < -0.39 is 16.3 Å². The molecule has 0 aliphatic rings. The third kappa shape index (κ3) is 4.49. The predicted molar refractivity (Wildman–Crippen MR) is 144 cm³/mol. The molecular formula is C27H24N2O5S2. The number of thiophene rings is 1. The molecule has 1 heterocycles. The number of phenols is 2. The SMILES string of the molecule is CC(O)NCc1ccc(S(=O)(=O)Nc2cc(-c3c(O)ccc4ccccc34)c(O)c3ccccc23)s1. The Labute approximate surface area is 212 Å². The van der Waals surface area contributed by atoms with Crippen molar-refractivity contribution in [1.82, 2.24) is 5.32 Å². The van der Waals surface area contributed by atoms with E-state index in [2.05, 4.69) is 10.0 Å². The summed E-state index contributed by atoms with van der Waals surface area (Å²) >= 11 is 1.10. The van der Waals surface area contributed by atoms with Gasteiger partial charge in [-0.15, -0.1) is 11.3 Å². The number of aromatic hydroxyl groups is 2. The number of sulfonamides is 1. The van der Waals surface area contributed by atoms with Crippen molar-refractivity contribution in [3.63, 3.8) is 0 Å². The van der Waals surface area contributed by atoms with Crippen LogP contribution in [0.4, 0.5) is 5.69 Å². The van der Waals surface area contributed by atoms with E-state index in [0.29, 0.717) is 28.4 Å². The minimum Gasteiger partial charge on any atom is -0.507 e. The van der Waals surface area contributed by atoms with Crippen molar-refractivity contribution in [1.29, 1.82) is 0 Å². The molecule has 1 atom stereocenters. The molecule has 36 heavy (non-hydrogen) atoms. The van der Waals surface area contributed by atoms with Gasteiger partial charge in [-0.25, -0.2) is 8.42 Å². The predicted octanol–water partition coefficient (Wildman–Crippen LogP) is 5.36. The molecular weight excluding hydrogens is 496 g/mol. The Kier molecular flexibility index (Phi) is 6.31. The molecule has 0 spiro atoms. The monoisotopic (exact) mass is 520 g/mol. The van der Waals surface area contributed by atoms with Gasteiger partial charge >= 0.3 is 0 Å². The molecule has 5 aromatic rings. The molecule has 7 nitrogen and oxygen atoms in total. The van der Waals surface area contributed by atoms with E-state index in [-0.39, 0.29) is 21.4 Å². The van der Waals surface area contributed by atoms with E-state index in [1.807, 2.05) is 24.3 Å². The fourth-order valence-corrected chi connectivity index (χ4v) is 6.60. The topological polar surface area (TPSA) is 119 Å². The van der Waals surface area contributed by atoms with Crippen molar-refractivity contribution in [2.24, 2.45) is 0 Å². The van der Waals surface area contributed by atoms with Crippen molar-refractivity contribution in [2.45, 2.75) is 23.9 Å². The van der Waals surface area contributed by atoms with Gasteiger partial charge in [-0.3, -0.25) is 10.0 Å². The van der Waals surface area contributed by atoms with Crippen LogP contribution in [0.5, 0.6) is 11.5 Å². The number of nitrogens with one attached hydrogen (secondary N) is 2. The molecule has 0 fully saturated rings. The Morgan fingerprint density at radius 1 is 0.889 bits per heavy atom. The van der Waals surface area contributed by atoms with Crippen LogP contribution in [0.3, 0.4) is 0 Å². The summed E-state index contributed by atoms with van der Waals surface area (Å²) in [7, 11) is -3.95. The van der Waals surface area contributed by atoms with Crippen molar-refractivity contribution < 1.29 is 23.7 Å². The second-order valence-electron chi connectivity index (χ2n) is 8.43. The Balaban J connectivity index is 1.64. The van der Waals surface area contributed by atoms with Gasteiger partial charge < -0.3 is 15.3 Å². The van der Waals surface area contributed by atoms with Crippen LogP contribution >= 0.6 is 11.3 Å². The minimum absolute atomic E-state index is 0.0263. The highest BCUT2D eigenvalue weighted by Crippen LogP contribution is 2.46. The van der Waals surface area contributed by atoms with E-state index in [9.17, 15) is 23.7 Å². The number of fused-ring (bicyclic) bond motifs is 2. The molecule has 0 saturated carbocycles. The highest BCUT2D eigenvalue weighted by Gasteiger charge is 2.22. The van der Waals surface area contributed by atoms with Crippen LogP contribution in [0.2, 0.25) is 0 Å². The molecule has 0 aliphatic heterocycles. The summed E-state index contributed by atoms with van der Waals surface area (Å²) in [6, 6.07) is 22.6. The van der Waals surface area contributed by atoms with E-state index >= 15 is 0 Å². The third-order valence-corrected chi connectivity index (χ3v) is 8.85. The average molecular weight is 521 g/mol. The number of hydrogen-bond acceptors (Lipinski definition) is 7. The number of aliphatic hydroxyl groups is 1. The van der Waals surface area contributed by atoms with Gasteiger partial charge in [-0.1, -0.05) is 54.6 Å². The van der Waals surface area contributed by atoms with Crippen LogP contribution in [-0.2, 0) is 16.6 Å². The molecule has 4 aromatic carbocycles. The van der Waals surface area contributed by atoms with E-state index in [1.165, 1.54) is 6.07 Å². The smallest absolute Gasteiger partial charge is 0.271 e. The molecule has 5 N–H and O–H groups in total.